The molecule has 5 nitrogen and oxygen atoms in total. The minimum Gasteiger partial charge on any atom is -0.396 e. The molecule has 1 amide bonds. The lowest BCUT2D eigenvalue weighted by atomic mass is 9.74. The van der Waals surface area contributed by atoms with Gasteiger partial charge >= 0.3 is 0 Å². The Balaban J connectivity index is 1.66. The topological polar surface area (TPSA) is 79.5 Å². The van der Waals surface area contributed by atoms with E-state index in [4.69, 9.17) is 5.73 Å². The van der Waals surface area contributed by atoms with E-state index in [-0.39, 0.29) is 12.0 Å². The third kappa shape index (κ3) is 3.54. The largest absolute Gasteiger partial charge is 0.396 e. The van der Waals surface area contributed by atoms with Crippen LogP contribution in [0.4, 0.5) is 5.13 Å². The van der Waals surface area contributed by atoms with Crippen molar-refractivity contribution in [3.8, 4) is 0 Å². The van der Waals surface area contributed by atoms with E-state index in [2.05, 4.69) is 22.0 Å². The van der Waals surface area contributed by atoms with Crippen molar-refractivity contribution in [1.82, 2.24) is 4.98 Å². The summed E-state index contributed by atoms with van der Waals surface area (Å²) in [4.78, 5) is 17.6. The number of hydrogen-bond acceptors (Lipinski definition) is 5. The Hall–Kier alpha value is -1.92. The SMILES string of the molecule is NC(=O)c1csc(N2CCC(CO)(Cc3ccccc3)CC2)n1. The first-order valence-electron chi connectivity index (χ1n) is 7.77. The number of thiazole rings is 1. The van der Waals surface area contributed by atoms with Gasteiger partial charge < -0.3 is 15.7 Å². The van der Waals surface area contributed by atoms with Gasteiger partial charge in [0, 0.05) is 30.5 Å². The van der Waals surface area contributed by atoms with Gasteiger partial charge in [-0.2, -0.15) is 0 Å². The Bertz CT molecular complexity index is 663. The van der Waals surface area contributed by atoms with Crippen LogP contribution >= 0.6 is 11.3 Å². The Morgan fingerprint density at radius 1 is 1.30 bits per heavy atom. The number of aromatic nitrogens is 1. The number of carbonyl (C=O) groups excluding carboxylic acids is 1. The molecule has 1 aliphatic rings. The fraction of sp³-hybridized carbons (Fsp3) is 0.412. The van der Waals surface area contributed by atoms with E-state index in [9.17, 15) is 9.90 Å². The lowest BCUT2D eigenvalue weighted by Gasteiger charge is -2.41. The highest BCUT2D eigenvalue weighted by atomic mass is 32.1. The Morgan fingerprint density at radius 3 is 2.57 bits per heavy atom. The van der Waals surface area contributed by atoms with Crippen LogP contribution in [0.1, 0.15) is 28.9 Å². The van der Waals surface area contributed by atoms with Crippen molar-refractivity contribution < 1.29 is 9.90 Å². The molecule has 2 heterocycles. The molecule has 2 aromatic rings. The quantitative estimate of drug-likeness (QED) is 0.879. The summed E-state index contributed by atoms with van der Waals surface area (Å²) in [5.41, 5.74) is 6.78. The summed E-state index contributed by atoms with van der Waals surface area (Å²) in [6.07, 6.45) is 2.70. The summed E-state index contributed by atoms with van der Waals surface area (Å²) in [5.74, 6) is -0.488. The number of primary amides is 1. The first-order chi connectivity index (χ1) is 11.1. The molecular formula is C17H21N3O2S. The molecule has 1 aromatic carbocycles. The highest BCUT2D eigenvalue weighted by Gasteiger charge is 2.35. The number of hydrogen-bond donors (Lipinski definition) is 2. The molecule has 1 aromatic heterocycles. The van der Waals surface area contributed by atoms with Crippen molar-refractivity contribution in [3.63, 3.8) is 0 Å². The number of carbonyl (C=O) groups is 1. The predicted molar refractivity (Wildman–Crippen MR) is 91.7 cm³/mol. The maximum Gasteiger partial charge on any atom is 0.268 e. The van der Waals surface area contributed by atoms with Crippen LogP contribution in [0.25, 0.3) is 0 Å². The first-order valence-corrected chi connectivity index (χ1v) is 8.65. The molecule has 3 N–H and O–H groups in total. The van der Waals surface area contributed by atoms with Crippen molar-refractivity contribution in [1.29, 1.82) is 0 Å². The van der Waals surface area contributed by atoms with Gasteiger partial charge in [0.2, 0.25) is 0 Å². The lowest BCUT2D eigenvalue weighted by Crippen LogP contribution is -2.43. The fourth-order valence-corrected chi connectivity index (χ4v) is 3.98. The molecule has 0 bridgehead atoms. The second kappa shape index (κ2) is 6.68. The summed E-state index contributed by atoms with van der Waals surface area (Å²) in [7, 11) is 0. The van der Waals surface area contributed by atoms with Crippen molar-refractivity contribution in [2.24, 2.45) is 11.1 Å². The Labute approximate surface area is 139 Å². The van der Waals surface area contributed by atoms with Gasteiger partial charge in [0.05, 0.1) is 0 Å². The summed E-state index contributed by atoms with van der Waals surface area (Å²) in [5, 5.41) is 12.5. The second-order valence-corrected chi connectivity index (χ2v) is 7.02. The molecule has 0 atom stereocenters. The van der Waals surface area contributed by atoms with Gasteiger partial charge in [0.1, 0.15) is 5.69 Å². The van der Waals surface area contributed by atoms with Gasteiger partial charge in [-0.15, -0.1) is 11.3 Å². The van der Waals surface area contributed by atoms with E-state index in [1.165, 1.54) is 16.9 Å². The van der Waals surface area contributed by atoms with Crippen molar-refractivity contribution in [2.45, 2.75) is 19.3 Å². The molecule has 1 aliphatic heterocycles. The Morgan fingerprint density at radius 2 is 2.00 bits per heavy atom. The predicted octanol–water partition coefficient (Wildman–Crippen LogP) is 2.06. The number of anilines is 1. The zero-order valence-corrected chi connectivity index (χ0v) is 13.8. The minimum atomic E-state index is -0.488. The summed E-state index contributed by atoms with van der Waals surface area (Å²) >= 11 is 1.45. The molecule has 0 aliphatic carbocycles. The molecular weight excluding hydrogens is 310 g/mol. The molecule has 1 saturated heterocycles. The maximum atomic E-state index is 11.2. The highest BCUT2D eigenvalue weighted by Crippen LogP contribution is 2.36. The molecule has 6 heteroatoms. The fourth-order valence-electron chi connectivity index (χ4n) is 3.11. The zero-order valence-electron chi connectivity index (χ0n) is 12.9. The van der Waals surface area contributed by atoms with Gasteiger partial charge in [-0.25, -0.2) is 4.98 Å². The van der Waals surface area contributed by atoms with E-state index in [0.29, 0.717) is 5.69 Å². The molecule has 1 fully saturated rings. The number of piperidine rings is 1. The lowest BCUT2D eigenvalue weighted by molar-refractivity contribution is 0.0962. The zero-order chi connectivity index (χ0) is 16.3. The van der Waals surface area contributed by atoms with E-state index in [0.717, 1.165) is 37.5 Å². The summed E-state index contributed by atoms with van der Waals surface area (Å²) < 4.78 is 0. The van der Waals surface area contributed by atoms with Gasteiger partial charge in [-0.3, -0.25) is 4.79 Å². The van der Waals surface area contributed by atoms with Crippen LogP contribution in [-0.4, -0.2) is 35.7 Å². The van der Waals surface area contributed by atoms with Crippen LogP contribution in [-0.2, 0) is 6.42 Å². The third-order valence-corrected chi connectivity index (χ3v) is 5.50. The number of aliphatic hydroxyl groups excluding tert-OH is 1. The van der Waals surface area contributed by atoms with Gasteiger partial charge in [-0.1, -0.05) is 30.3 Å². The van der Waals surface area contributed by atoms with Gasteiger partial charge in [0.25, 0.3) is 5.91 Å². The molecule has 0 spiro atoms. The highest BCUT2D eigenvalue weighted by molar-refractivity contribution is 7.13. The van der Waals surface area contributed by atoms with Crippen molar-refractivity contribution in [2.75, 3.05) is 24.6 Å². The standard InChI is InChI=1S/C17H21N3O2S/c18-15(22)14-11-23-16(19-14)20-8-6-17(12-21,7-9-20)10-13-4-2-1-3-5-13/h1-5,11,21H,6-10,12H2,(H2,18,22). The van der Waals surface area contributed by atoms with Crippen molar-refractivity contribution >= 4 is 22.4 Å². The van der Waals surface area contributed by atoms with Gasteiger partial charge in [-0.05, 0) is 24.8 Å². The average molecular weight is 331 g/mol. The van der Waals surface area contributed by atoms with E-state index in [1.807, 2.05) is 18.2 Å². The number of rotatable bonds is 5. The van der Waals surface area contributed by atoms with Crippen LogP contribution in [0.3, 0.4) is 0 Å². The Kier molecular flexibility index (Phi) is 4.63. The summed E-state index contributed by atoms with van der Waals surface area (Å²) in [6, 6.07) is 10.3. The van der Waals surface area contributed by atoms with Crippen LogP contribution in [0.5, 0.6) is 0 Å². The molecule has 0 unspecified atom stereocenters. The number of nitrogens with two attached hydrogens (primary N) is 1. The smallest absolute Gasteiger partial charge is 0.268 e. The van der Waals surface area contributed by atoms with E-state index >= 15 is 0 Å². The minimum absolute atomic E-state index is 0.0678. The van der Waals surface area contributed by atoms with Crippen molar-refractivity contribution in [3.05, 3.63) is 47.0 Å². The van der Waals surface area contributed by atoms with E-state index in [1.54, 1.807) is 5.38 Å². The van der Waals surface area contributed by atoms with Gasteiger partial charge in [0.15, 0.2) is 5.13 Å². The molecule has 122 valence electrons. The van der Waals surface area contributed by atoms with Crippen LogP contribution in [0.15, 0.2) is 35.7 Å². The van der Waals surface area contributed by atoms with Crippen LogP contribution in [0, 0.1) is 5.41 Å². The number of aliphatic hydroxyl groups is 1. The monoisotopic (exact) mass is 331 g/mol. The number of benzene rings is 1. The first kappa shape index (κ1) is 16.0. The molecule has 3 rings (SSSR count). The van der Waals surface area contributed by atoms with Crippen LogP contribution in [0.2, 0.25) is 0 Å². The maximum absolute atomic E-state index is 11.2. The normalized spacial score (nSPS) is 17.2. The molecule has 23 heavy (non-hydrogen) atoms. The second-order valence-electron chi connectivity index (χ2n) is 6.19. The number of nitrogens with zero attached hydrogens (tertiary/aromatic N) is 2. The average Bonchev–Trinajstić information content (AvgIpc) is 3.07. The van der Waals surface area contributed by atoms with E-state index < -0.39 is 5.91 Å². The van der Waals surface area contributed by atoms with Crippen LogP contribution < -0.4 is 10.6 Å². The number of amides is 1. The molecule has 0 saturated carbocycles. The molecule has 0 radical (unpaired) electrons. The third-order valence-electron chi connectivity index (χ3n) is 4.60. The summed E-state index contributed by atoms with van der Waals surface area (Å²) in [6.45, 7) is 1.86.